The lowest BCUT2D eigenvalue weighted by Gasteiger charge is -2.29. The molecule has 7 heteroatoms. The van der Waals surface area contributed by atoms with E-state index in [1.54, 1.807) is 4.90 Å². The molecule has 3 amide bonds. The highest BCUT2D eigenvalue weighted by molar-refractivity contribution is 6.05. The Labute approximate surface area is 159 Å². The Hall–Kier alpha value is -2.25. The van der Waals surface area contributed by atoms with E-state index in [0.717, 1.165) is 43.7 Å². The maximum atomic E-state index is 12.9. The van der Waals surface area contributed by atoms with Crippen LogP contribution in [0.5, 0.6) is 0 Å². The topological polar surface area (TPSA) is 81.8 Å². The summed E-state index contributed by atoms with van der Waals surface area (Å²) in [5, 5.41) is 5.86. The molecule has 3 aliphatic rings. The molecule has 27 heavy (non-hydrogen) atoms. The second-order valence-electron chi connectivity index (χ2n) is 7.76. The van der Waals surface area contributed by atoms with Crippen LogP contribution < -0.4 is 10.6 Å². The lowest BCUT2D eigenvalue weighted by atomic mass is 10.0. The molecular formula is C20H26N4O3. The van der Waals surface area contributed by atoms with Crippen molar-refractivity contribution in [2.75, 3.05) is 19.6 Å². The van der Waals surface area contributed by atoms with Crippen molar-refractivity contribution in [3.63, 3.8) is 0 Å². The number of carbonyl (C=O) groups excluding carboxylic acids is 3. The van der Waals surface area contributed by atoms with Crippen molar-refractivity contribution >= 4 is 17.7 Å². The summed E-state index contributed by atoms with van der Waals surface area (Å²) in [6.45, 7) is 6.45. The summed E-state index contributed by atoms with van der Waals surface area (Å²) in [5.41, 5.74) is 2.88. The fraction of sp³-hybridized carbons (Fsp3) is 0.550. The highest BCUT2D eigenvalue weighted by atomic mass is 16.2. The molecular weight excluding hydrogens is 344 g/mol. The minimum absolute atomic E-state index is 0.104. The third-order valence-corrected chi connectivity index (χ3v) is 5.87. The van der Waals surface area contributed by atoms with Gasteiger partial charge in [0.15, 0.2) is 0 Å². The molecule has 2 atom stereocenters. The Balaban J connectivity index is 1.52. The van der Waals surface area contributed by atoms with Crippen LogP contribution in [0.2, 0.25) is 0 Å². The normalized spacial score (nSPS) is 26.7. The first-order chi connectivity index (χ1) is 13.0. The molecule has 2 N–H and O–H groups in total. The van der Waals surface area contributed by atoms with Gasteiger partial charge in [0.05, 0.1) is 0 Å². The van der Waals surface area contributed by atoms with Crippen molar-refractivity contribution in [2.24, 2.45) is 0 Å². The van der Waals surface area contributed by atoms with Crippen LogP contribution in [0.15, 0.2) is 18.2 Å². The van der Waals surface area contributed by atoms with Gasteiger partial charge in [0, 0.05) is 50.7 Å². The first kappa shape index (κ1) is 18.1. The second kappa shape index (κ2) is 7.40. The molecule has 4 rings (SSSR count). The zero-order chi connectivity index (χ0) is 19.0. The van der Waals surface area contributed by atoms with Crippen molar-refractivity contribution in [3.05, 3.63) is 34.9 Å². The Bertz CT molecular complexity index is 778. The Morgan fingerprint density at radius 1 is 1.15 bits per heavy atom. The van der Waals surface area contributed by atoms with Crippen LogP contribution in [0.3, 0.4) is 0 Å². The summed E-state index contributed by atoms with van der Waals surface area (Å²) in [6.07, 6.45) is 1.79. The lowest BCUT2D eigenvalue weighted by Crippen LogP contribution is -2.52. The molecule has 3 heterocycles. The molecule has 0 aliphatic carbocycles. The van der Waals surface area contributed by atoms with E-state index in [0.29, 0.717) is 24.6 Å². The highest BCUT2D eigenvalue weighted by Gasteiger charge is 2.39. The van der Waals surface area contributed by atoms with E-state index in [1.807, 2.05) is 12.1 Å². The van der Waals surface area contributed by atoms with Crippen LogP contribution in [0.25, 0.3) is 0 Å². The van der Waals surface area contributed by atoms with Crippen molar-refractivity contribution in [3.8, 4) is 0 Å². The van der Waals surface area contributed by atoms with Crippen molar-refractivity contribution < 1.29 is 14.4 Å². The average molecular weight is 370 g/mol. The molecule has 3 aliphatic heterocycles. The van der Waals surface area contributed by atoms with Crippen LogP contribution in [-0.2, 0) is 22.7 Å². The van der Waals surface area contributed by atoms with Gasteiger partial charge in [0.25, 0.3) is 5.91 Å². The average Bonchev–Trinajstić information content (AvgIpc) is 2.83. The summed E-state index contributed by atoms with van der Waals surface area (Å²) in [6, 6.07) is 5.83. The van der Waals surface area contributed by atoms with Gasteiger partial charge in [0.1, 0.15) is 6.04 Å². The number of piperidine rings is 1. The molecule has 2 unspecified atom stereocenters. The van der Waals surface area contributed by atoms with E-state index < -0.39 is 6.04 Å². The van der Waals surface area contributed by atoms with Gasteiger partial charge in [-0.05, 0) is 37.0 Å². The van der Waals surface area contributed by atoms with Gasteiger partial charge >= 0.3 is 0 Å². The minimum atomic E-state index is -0.557. The fourth-order valence-corrected chi connectivity index (χ4v) is 4.26. The number of nitrogens with zero attached hydrogens (tertiary/aromatic N) is 2. The number of nitrogens with one attached hydrogen (secondary N) is 2. The fourth-order valence-electron chi connectivity index (χ4n) is 4.26. The van der Waals surface area contributed by atoms with E-state index in [-0.39, 0.29) is 24.1 Å². The third-order valence-electron chi connectivity index (χ3n) is 5.87. The molecule has 0 bridgehead atoms. The number of hydrogen-bond donors (Lipinski definition) is 2. The molecule has 1 aromatic rings. The van der Waals surface area contributed by atoms with Crippen LogP contribution in [0.4, 0.5) is 0 Å². The maximum absolute atomic E-state index is 12.9. The molecule has 7 nitrogen and oxygen atoms in total. The van der Waals surface area contributed by atoms with Crippen molar-refractivity contribution in [1.29, 1.82) is 0 Å². The quantitative estimate of drug-likeness (QED) is 0.763. The zero-order valence-corrected chi connectivity index (χ0v) is 15.7. The molecule has 0 aromatic heterocycles. The number of amides is 3. The summed E-state index contributed by atoms with van der Waals surface area (Å²) in [5.74, 6) is -0.723. The van der Waals surface area contributed by atoms with E-state index in [9.17, 15) is 14.4 Å². The monoisotopic (exact) mass is 370 g/mol. The molecule has 144 valence electrons. The number of benzene rings is 1. The van der Waals surface area contributed by atoms with Crippen molar-refractivity contribution in [1.82, 2.24) is 20.4 Å². The minimum Gasteiger partial charge on any atom is -0.322 e. The Kier molecular flexibility index (Phi) is 4.97. The largest absolute Gasteiger partial charge is 0.322 e. The second-order valence-corrected chi connectivity index (χ2v) is 7.76. The van der Waals surface area contributed by atoms with Gasteiger partial charge < -0.3 is 10.2 Å². The number of carbonyl (C=O) groups is 3. The van der Waals surface area contributed by atoms with Gasteiger partial charge in [-0.3, -0.25) is 24.6 Å². The van der Waals surface area contributed by atoms with E-state index in [2.05, 4.69) is 28.5 Å². The predicted octanol–water partition coefficient (Wildman–Crippen LogP) is 0.631. The van der Waals surface area contributed by atoms with Gasteiger partial charge in [-0.2, -0.15) is 0 Å². The van der Waals surface area contributed by atoms with E-state index >= 15 is 0 Å². The smallest absolute Gasteiger partial charge is 0.255 e. The van der Waals surface area contributed by atoms with Crippen LogP contribution in [0.1, 0.15) is 47.7 Å². The molecule has 2 saturated heterocycles. The zero-order valence-electron chi connectivity index (χ0n) is 15.7. The Morgan fingerprint density at radius 2 is 2.00 bits per heavy atom. The van der Waals surface area contributed by atoms with Gasteiger partial charge in [0.2, 0.25) is 11.8 Å². The number of fused-ring (bicyclic) bond motifs is 1. The summed E-state index contributed by atoms with van der Waals surface area (Å²) >= 11 is 0. The summed E-state index contributed by atoms with van der Waals surface area (Å²) < 4.78 is 0. The maximum Gasteiger partial charge on any atom is 0.255 e. The van der Waals surface area contributed by atoms with Gasteiger partial charge in [-0.1, -0.05) is 12.1 Å². The SMILES string of the molecule is CC1CCN(Cc2cccc3c2CN(C2CCC(=O)NC2=O)C3=O)CCN1. The highest BCUT2D eigenvalue weighted by Crippen LogP contribution is 2.30. The standard InChI is InChI=1S/C20H26N4O3/c1-13-7-9-23(10-8-21-13)11-14-3-2-4-15-16(14)12-24(20(15)27)17-5-6-18(25)22-19(17)26/h2-4,13,17,21H,5-12H2,1H3,(H,22,25,26). The number of hydrogen-bond acceptors (Lipinski definition) is 5. The predicted molar refractivity (Wildman–Crippen MR) is 99.8 cm³/mol. The molecule has 2 fully saturated rings. The summed E-state index contributed by atoms with van der Waals surface area (Å²) in [4.78, 5) is 40.6. The first-order valence-electron chi connectivity index (χ1n) is 9.74. The molecule has 0 spiro atoms. The third kappa shape index (κ3) is 3.61. The lowest BCUT2D eigenvalue weighted by molar-refractivity contribution is -0.136. The molecule has 0 radical (unpaired) electrons. The van der Waals surface area contributed by atoms with E-state index in [1.165, 1.54) is 0 Å². The van der Waals surface area contributed by atoms with Gasteiger partial charge in [-0.25, -0.2) is 0 Å². The van der Waals surface area contributed by atoms with Gasteiger partial charge in [-0.15, -0.1) is 0 Å². The van der Waals surface area contributed by atoms with Crippen LogP contribution >= 0.6 is 0 Å². The van der Waals surface area contributed by atoms with E-state index in [4.69, 9.17) is 0 Å². The number of imide groups is 1. The Morgan fingerprint density at radius 3 is 2.81 bits per heavy atom. The molecule has 0 saturated carbocycles. The van der Waals surface area contributed by atoms with Crippen molar-refractivity contribution in [2.45, 2.75) is 51.4 Å². The number of rotatable bonds is 3. The first-order valence-corrected chi connectivity index (χ1v) is 9.74. The van der Waals surface area contributed by atoms with Crippen LogP contribution in [0, 0.1) is 0 Å². The van der Waals surface area contributed by atoms with Crippen LogP contribution in [-0.4, -0.2) is 59.2 Å². The summed E-state index contributed by atoms with van der Waals surface area (Å²) in [7, 11) is 0. The molecule has 1 aromatic carbocycles.